The van der Waals surface area contributed by atoms with Crippen molar-refractivity contribution in [3.05, 3.63) is 110 Å². The molecule has 0 saturated heterocycles. The molecule has 150 valence electrons. The van der Waals surface area contributed by atoms with E-state index in [1.807, 2.05) is 67.0 Å². The van der Waals surface area contributed by atoms with Crippen molar-refractivity contribution in [2.24, 2.45) is 0 Å². The quantitative estimate of drug-likeness (QED) is 0.310. The van der Waals surface area contributed by atoms with E-state index in [0.29, 0.717) is 0 Å². The van der Waals surface area contributed by atoms with Gasteiger partial charge in [-0.3, -0.25) is 15.0 Å². The summed E-state index contributed by atoms with van der Waals surface area (Å²) in [5, 5.41) is 3.31. The van der Waals surface area contributed by atoms with Crippen molar-refractivity contribution in [3.8, 4) is 33.9 Å². The fourth-order valence-electron chi connectivity index (χ4n) is 4.09. The summed E-state index contributed by atoms with van der Waals surface area (Å²) in [5.74, 6) is 0. The van der Waals surface area contributed by atoms with Gasteiger partial charge in [0.2, 0.25) is 0 Å². The molecule has 0 fully saturated rings. The van der Waals surface area contributed by atoms with E-state index in [9.17, 15) is 0 Å². The summed E-state index contributed by atoms with van der Waals surface area (Å²) in [6.07, 6.45) is 5.43. The summed E-state index contributed by atoms with van der Waals surface area (Å²) >= 11 is 0. The Balaban J connectivity index is 1.65. The minimum Gasteiger partial charge on any atom is -0.256 e. The molecular weight excluding hydrogens is 392 g/mol. The van der Waals surface area contributed by atoms with Crippen LogP contribution in [0.4, 0.5) is 0 Å². The maximum atomic E-state index is 5.08. The standard InChI is InChI=1S/C28H18N4/c1-4-14-29-24(7-1)19-10-12-21-22-13-11-20(25-8-2-5-15-30-25)18-27(22)32-28(23(21)17-19)26-9-3-6-16-31-26/h1-18H. The van der Waals surface area contributed by atoms with Gasteiger partial charge in [0.05, 0.1) is 28.3 Å². The first-order chi connectivity index (χ1) is 15.9. The van der Waals surface area contributed by atoms with Crippen LogP contribution in [0.15, 0.2) is 110 Å². The lowest BCUT2D eigenvalue weighted by molar-refractivity contribution is 1.28. The molecule has 0 aliphatic rings. The predicted molar refractivity (Wildman–Crippen MR) is 129 cm³/mol. The highest BCUT2D eigenvalue weighted by molar-refractivity contribution is 6.12. The molecule has 0 radical (unpaired) electrons. The zero-order chi connectivity index (χ0) is 21.3. The molecule has 4 heterocycles. The second kappa shape index (κ2) is 7.67. The van der Waals surface area contributed by atoms with Crippen molar-refractivity contribution in [1.29, 1.82) is 0 Å². The zero-order valence-electron chi connectivity index (χ0n) is 17.2. The van der Waals surface area contributed by atoms with Gasteiger partial charge >= 0.3 is 0 Å². The largest absolute Gasteiger partial charge is 0.256 e. The number of benzene rings is 2. The van der Waals surface area contributed by atoms with E-state index in [2.05, 4.69) is 51.4 Å². The molecule has 0 unspecified atom stereocenters. The number of nitrogens with zero attached hydrogens (tertiary/aromatic N) is 4. The molecule has 0 aliphatic carbocycles. The molecule has 0 saturated carbocycles. The fourth-order valence-corrected chi connectivity index (χ4v) is 4.09. The Bertz CT molecular complexity index is 1550. The second-order valence-electron chi connectivity index (χ2n) is 7.60. The van der Waals surface area contributed by atoms with E-state index in [-0.39, 0.29) is 0 Å². The van der Waals surface area contributed by atoms with Crippen molar-refractivity contribution >= 4 is 21.7 Å². The van der Waals surface area contributed by atoms with E-state index < -0.39 is 0 Å². The predicted octanol–water partition coefficient (Wildman–Crippen LogP) is 6.57. The van der Waals surface area contributed by atoms with Gasteiger partial charge in [0, 0.05) is 40.5 Å². The van der Waals surface area contributed by atoms with Crippen LogP contribution < -0.4 is 0 Å². The van der Waals surface area contributed by atoms with Crippen molar-refractivity contribution in [1.82, 2.24) is 19.9 Å². The van der Waals surface area contributed by atoms with Crippen LogP contribution in [0.2, 0.25) is 0 Å². The number of fused-ring (bicyclic) bond motifs is 3. The second-order valence-corrected chi connectivity index (χ2v) is 7.60. The third-order valence-electron chi connectivity index (χ3n) is 5.62. The van der Waals surface area contributed by atoms with Crippen molar-refractivity contribution < 1.29 is 0 Å². The molecule has 32 heavy (non-hydrogen) atoms. The molecule has 6 rings (SSSR count). The highest BCUT2D eigenvalue weighted by Gasteiger charge is 2.14. The highest BCUT2D eigenvalue weighted by atomic mass is 14.8. The third-order valence-corrected chi connectivity index (χ3v) is 5.62. The summed E-state index contributed by atoms with van der Waals surface area (Å²) in [4.78, 5) is 18.7. The summed E-state index contributed by atoms with van der Waals surface area (Å²) in [6, 6.07) is 30.6. The van der Waals surface area contributed by atoms with Crippen LogP contribution in [0.5, 0.6) is 0 Å². The average molecular weight is 410 g/mol. The molecule has 0 aliphatic heterocycles. The Morgan fingerprint density at radius 1 is 0.438 bits per heavy atom. The molecule has 2 aromatic carbocycles. The number of hydrogen-bond acceptors (Lipinski definition) is 4. The van der Waals surface area contributed by atoms with Gasteiger partial charge in [-0.1, -0.05) is 42.5 Å². The van der Waals surface area contributed by atoms with Crippen LogP contribution in [0, 0.1) is 0 Å². The zero-order valence-corrected chi connectivity index (χ0v) is 17.2. The minimum absolute atomic E-state index is 0.848. The molecule has 4 nitrogen and oxygen atoms in total. The molecule has 6 aromatic rings. The molecule has 0 atom stereocenters. The molecular formula is C28H18N4. The van der Waals surface area contributed by atoms with Crippen molar-refractivity contribution in [2.45, 2.75) is 0 Å². The smallest absolute Gasteiger partial charge is 0.0972 e. The lowest BCUT2D eigenvalue weighted by Gasteiger charge is -2.12. The van der Waals surface area contributed by atoms with E-state index in [1.165, 1.54) is 0 Å². The Morgan fingerprint density at radius 2 is 1.00 bits per heavy atom. The first-order valence-electron chi connectivity index (χ1n) is 10.5. The van der Waals surface area contributed by atoms with E-state index >= 15 is 0 Å². The molecule has 0 bridgehead atoms. The number of pyridine rings is 4. The monoisotopic (exact) mass is 410 g/mol. The van der Waals surface area contributed by atoms with Crippen LogP contribution in [0.1, 0.15) is 0 Å². The molecule has 4 aromatic heterocycles. The topological polar surface area (TPSA) is 51.6 Å². The number of aromatic nitrogens is 4. The van der Waals surface area contributed by atoms with Crippen LogP contribution in [0.25, 0.3) is 55.6 Å². The lowest BCUT2D eigenvalue weighted by atomic mass is 9.97. The molecule has 0 N–H and O–H groups in total. The van der Waals surface area contributed by atoms with Crippen LogP contribution >= 0.6 is 0 Å². The maximum Gasteiger partial charge on any atom is 0.0972 e. The Kier molecular flexibility index (Phi) is 4.40. The number of hydrogen-bond donors (Lipinski definition) is 0. The van der Waals surface area contributed by atoms with Gasteiger partial charge in [0.25, 0.3) is 0 Å². The van der Waals surface area contributed by atoms with Crippen molar-refractivity contribution in [3.63, 3.8) is 0 Å². The maximum absolute atomic E-state index is 5.08. The minimum atomic E-state index is 0.848. The van der Waals surface area contributed by atoms with E-state index in [4.69, 9.17) is 4.98 Å². The Morgan fingerprint density at radius 3 is 1.59 bits per heavy atom. The van der Waals surface area contributed by atoms with Gasteiger partial charge in [0.1, 0.15) is 0 Å². The number of rotatable bonds is 3. The highest BCUT2D eigenvalue weighted by Crippen LogP contribution is 2.35. The molecule has 0 spiro atoms. The van der Waals surface area contributed by atoms with E-state index in [0.717, 1.165) is 55.6 Å². The Labute approximate surface area is 185 Å². The summed E-state index contributed by atoms with van der Waals surface area (Å²) in [6.45, 7) is 0. The SMILES string of the molecule is c1ccc(-c2ccc3c(c2)nc(-c2ccccn2)c2cc(-c4ccccn4)ccc23)nc1. The average Bonchev–Trinajstić information content (AvgIpc) is 2.89. The van der Waals surface area contributed by atoms with Gasteiger partial charge in [-0.25, -0.2) is 4.98 Å². The van der Waals surface area contributed by atoms with Gasteiger partial charge in [0.15, 0.2) is 0 Å². The van der Waals surface area contributed by atoms with Gasteiger partial charge in [-0.05, 0) is 53.9 Å². The third kappa shape index (κ3) is 3.19. The fraction of sp³-hybridized carbons (Fsp3) is 0. The normalized spacial score (nSPS) is 11.1. The van der Waals surface area contributed by atoms with Gasteiger partial charge in [-0.15, -0.1) is 0 Å². The first-order valence-corrected chi connectivity index (χ1v) is 10.5. The van der Waals surface area contributed by atoms with Crippen molar-refractivity contribution in [2.75, 3.05) is 0 Å². The van der Waals surface area contributed by atoms with Gasteiger partial charge in [-0.2, -0.15) is 0 Å². The Hall–Kier alpha value is -4.44. The molecule has 0 amide bonds. The van der Waals surface area contributed by atoms with E-state index in [1.54, 1.807) is 6.20 Å². The lowest BCUT2D eigenvalue weighted by Crippen LogP contribution is -1.93. The summed E-state index contributed by atoms with van der Waals surface area (Å²) < 4.78 is 0. The van der Waals surface area contributed by atoms with Crippen LogP contribution in [0.3, 0.4) is 0 Å². The van der Waals surface area contributed by atoms with Gasteiger partial charge < -0.3 is 0 Å². The summed E-state index contributed by atoms with van der Waals surface area (Å²) in [5.41, 5.74) is 6.61. The first kappa shape index (κ1) is 18.3. The summed E-state index contributed by atoms with van der Waals surface area (Å²) in [7, 11) is 0. The van der Waals surface area contributed by atoms with Crippen LogP contribution in [-0.2, 0) is 0 Å². The molecule has 4 heteroatoms. The van der Waals surface area contributed by atoms with Crippen LogP contribution in [-0.4, -0.2) is 19.9 Å².